The normalized spacial score (nSPS) is 10.2. The molecule has 2 aromatic rings. The number of nitrogens with one attached hydrogen (secondary N) is 2. The van der Waals surface area contributed by atoms with Gasteiger partial charge in [-0.25, -0.2) is 4.39 Å². The fourth-order valence-corrected chi connectivity index (χ4v) is 2.33. The van der Waals surface area contributed by atoms with Gasteiger partial charge in [0.2, 0.25) is 11.8 Å². The number of aryl methyl sites for hydroxylation is 1. The third-order valence-electron chi connectivity index (χ3n) is 3.33. The Morgan fingerprint density at radius 2 is 1.79 bits per heavy atom. The number of anilines is 1. The molecular weight excluding hydrogens is 331 g/mol. The molecule has 2 amide bonds. The number of carbonyl (C=O) groups excluding carboxylic acids is 2. The third kappa shape index (κ3) is 6.01. The highest BCUT2D eigenvalue weighted by Crippen LogP contribution is 2.19. The van der Waals surface area contributed by atoms with E-state index in [4.69, 9.17) is 11.6 Å². The summed E-state index contributed by atoms with van der Waals surface area (Å²) >= 11 is 5.63. The lowest BCUT2D eigenvalue weighted by Crippen LogP contribution is -2.29. The van der Waals surface area contributed by atoms with E-state index in [1.54, 1.807) is 0 Å². The molecule has 0 aliphatic carbocycles. The van der Waals surface area contributed by atoms with Crippen LogP contribution >= 0.6 is 11.6 Å². The summed E-state index contributed by atoms with van der Waals surface area (Å²) in [5, 5.41) is 5.13. The molecule has 126 valence electrons. The van der Waals surface area contributed by atoms with Crippen molar-refractivity contribution in [2.75, 3.05) is 11.9 Å². The van der Waals surface area contributed by atoms with Crippen LogP contribution in [0.15, 0.2) is 48.5 Å². The molecule has 0 radical (unpaired) electrons. The van der Waals surface area contributed by atoms with Gasteiger partial charge in [0.05, 0.1) is 5.02 Å². The van der Waals surface area contributed by atoms with Crippen molar-refractivity contribution in [2.24, 2.45) is 0 Å². The predicted molar refractivity (Wildman–Crippen MR) is 92.4 cm³/mol. The van der Waals surface area contributed by atoms with Crippen LogP contribution in [0.25, 0.3) is 0 Å². The molecule has 0 spiro atoms. The minimum Gasteiger partial charge on any atom is -0.356 e. The fourth-order valence-electron chi connectivity index (χ4n) is 2.15. The van der Waals surface area contributed by atoms with Crippen molar-refractivity contribution < 1.29 is 14.0 Å². The van der Waals surface area contributed by atoms with Crippen molar-refractivity contribution in [3.8, 4) is 0 Å². The summed E-state index contributed by atoms with van der Waals surface area (Å²) in [4.78, 5) is 23.5. The molecule has 0 unspecified atom stereocenters. The van der Waals surface area contributed by atoms with Gasteiger partial charge in [0, 0.05) is 12.2 Å². The molecule has 0 bridgehead atoms. The first kappa shape index (κ1) is 17.9. The van der Waals surface area contributed by atoms with Crippen LogP contribution in [0.4, 0.5) is 10.1 Å². The topological polar surface area (TPSA) is 58.2 Å². The second kappa shape index (κ2) is 9.03. The van der Waals surface area contributed by atoms with E-state index in [2.05, 4.69) is 10.6 Å². The molecule has 2 rings (SSSR count). The highest BCUT2D eigenvalue weighted by atomic mass is 35.5. The number of hydrogen-bond acceptors (Lipinski definition) is 2. The van der Waals surface area contributed by atoms with E-state index < -0.39 is 11.7 Å². The van der Waals surface area contributed by atoms with Crippen LogP contribution in [0, 0.1) is 5.82 Å². The maximum absolute atomic E-state index is 13.0. The molecule has 0 heterocycles. The molecule has 4 nitrogen and oxygen atoms in total. The lowest BCUT2D eigenvalue weighted by Gasteiger charge is -2.07. The van der Waals surface area contributed by atoms with Crippen LogP contribution < -0.4 is 10.6 Å². The minimum absolute atomic E-state index is 0.0850. The molecule has 0 fully saturated rings. The van der Waals surface area contributed by atoms with Crippen LogP contribution in [0.2, 0.25) is 5.02 Å². The Hall–Kier alpha value is -2.40. The van der Waals surface area contributed by atoms with Gasteiger partial charge < -0.3 is 10.6 Å². The molecule has 0 aliphatic heterocycles. The average molecular weight is 349 g/mol. The van der Waals surface area contributed by atoms with Crippen LogP contribution in [-0.4, -0.2) is 18.4 Å². The van der Waals surface area contributed by atoms with E-state index >= 15 is 0 Å². The fraction of sp³-hybridized carbons (Fsp3) is 0.222. The quantitative estimate of drug-likeness (QED) is 0.593. The Bertz CT molecular complexity index is 707. The lowest BCUT2D eigenvalue weighted by molar-refractivity contribution is -0.126. The Balaban J connectivity index is 1.68. The highest BCUT2D eigenvalue weighted by molar-refractivity contribution is 6.31. The first-order valence-electron chi connectivity index (χ1n) is 7.60. The molecule has 6 heteroatoms. The number of halogens is 2. The lowest BCUT2D eigenvalue weighted by atomic mass is 10.1. The first-order valence-corrected chi connectivity index (χ1v) is 7.98. The second-order valence-electron chi connectivity index (χ2n) is 5.29. The van der Waals surface area contributed by atoms with Gasteiger partial charge in [-0.05, 0) is 36.6 Å². The number of benzene rings is 2. The standard InChI is InChI=1S/C18H18ClFN2O2/c19-15-11-14(8-9-16(15)20)22-18(24)12-17(23)21-10-4-7-13-5-2-1-3-6-13/h1-3,5-6,8-9,11H,4,7,10,12H2,(H,21,23)(H,22,24). The van der Waals surface area contributed by atoms with E-state index in [0.717, 1.165) is 18.9 Å². The molecule has 0 saturated carbocycles. The van der Waals surface area contributed by atoms with E-state index in [-0.39, 0.29) is 17.4 Å². The highest BCUT2D eigenvalue weighted by Gasteiger charge is 2.10. The summed E-state index contributed by atoms with van der Waals surface area (Å²) in [7, 11) is 0. The minimum atomic E-state index is -0.564. The van der Waals surface area contributed by atoms with Gasteiger partial charge in [-0.1, -0.05) is 41.9 Å². The van der Waals surface area contributed by atoms with Crippen molar-refractivity contribution in [3.63, 3.8) is 0 Å². The van der Waals surface area contributed by atoms with Crippen LogP contribution in [0.5, 0.6) is 0 Å². The summed E-state index contributed by atoms with van der Waals surface area (Å²) in [6, 6.07) is 13.8. The van der Waals surface area contributed by atoms with Crippen LogP contribution in [0.3, 0.4) is 0 Å². The Morgan fingerprint density at radius 1 is 1.04 bits per heavy atom. The molecule has 24 heavy (non-hydrogen) atoms. The molecule has 0 aliphatic rings. The summed E-state index contributed by atoms with van der Waals surface area (Å²) in [5.41, 5.74) is 1.56. The number of rotatable bonds is 7. The molecule has 2 N–H and O–H groups in total. The summed E-state index contributed by atoms with van der Waals surface area (Å²) < 4.78 is 13.0. The predicted octanol–water partition coefficient (Wildman–Crippen LogP) is 3.56. The zero-order chi connectivity index (χ0) is 17.4. The van der Waals surface area contributed by atoms with Crippen LogP contribution in [0.1, 0.15) is 18.4 Å². The maximum Gasteiger partial charge on any atom is 0.233 e. The van der Waals surface area contributed by atoms with Gasteiger partial charge >= 0.3 is 0 Å². The number of carbonyl (C=O) groups is 2. The van der Waals surface area contributed by atoms with Gasteiger partial charge in [0.15, 0.2) is 0 Å². The maximum atomic E-state index is 13.0. The zero-order valence-electron chi connectivity index (χ0n) is 13.0. The molecular formula is C18H18ClFN2O2. The van der Waals surface area contributed by atoms with Gasteiger partial charge in [-0.3, -0.25) is 9.59 Å². The zero-order valence-corrected chi connectivity index (χ0v) is 13.8. The van der Waals surface area contributed by atoms with E-state index in [9.17, 15) is 14.0 Å². The van der Waals surface area contributed by atoms with E-state index in [1.807, 2.05) is 30.3 Å². The number of amides is 2. The van der Waals surface area contributed by atoms with E-state index in [0.29, 0.717) is 12.2 Å². The SMILES string of the molecule is O=C(CC(=O)Nc1ccc(F)c(Cl)c1)NCCCc1ccccc1. The summed E-state index contributed by atoms with van der Waals surface area (Å²) in [6.07, 6.45) is 1.37. The molecule has 2 aromatic carbocycles. The smallest absolute Gasteiger partial charge is 0.233 e. The van der Waals surface area contributed by atoms with Crippen molar-refractivity contribution in [1.29, 1.82) is 0 Å². The average Bonchev–Trinajstić information content (AvgIpc) is 2.56. The Labute approximate surface area is 145 Å². The third-order valence-corrected chi connectivity index (χ3v) is 3.62. The van der Waals surface area contributed by atoms with Crippen molar-refractivity contribution in [2.45, 2.75) is 19.3 Å². The van der Waals surface area contributed by atoms with Crippen LogP contribution in [-0.2, 0) is 16.0 Å². The monoisotopic (exact) mass is 348 g/mol. The van der Waals surface area contributed by atoms with Gasteiger partial charge in [0.1, 0.15) is 12.2 Å². The van der Waals surface area contributed by atoms with E-state index in [1.165, 1.54) is 17.7 Å². The second-order valence-corrected chi connectivity index (χ2v) is 5.70. The van der Waals surface area contributed by atoms with Crippen molar-refractivity contribution in [3.05, 3.63) is 64.9 Å². The number of hydrogen-bond donors (Lipinski definition) is 2. The summed E-state index contributed by atoms with van der Waals surface area (Å²) in [5.74, 6) is -1.39. The largest absolute Gasteiger partial charge is 0.356 e. The molecule has 0 atom stereocenters. The first-order chi connectivity index (χ1) is 11.5. The Morgan fingerprint density at radius 3 is 2.50 bits per heavy atom. The van der Waals surface area contributed by atoms with Gasteiger partial charge in [-0.15, -0.1) is 0 Å². The van der Waals surface area contributed by atoms with Crippen molar-refractivity contribution in [1.82, 2.24) is 5.32 Å². The van der Waals surface area contributed by atoms with Crippen molar-refractivity contribution >= 4 is 29.1 Å². The van der Waals surface area contributed by atoms with Gasteiger partial charge in [-0.2, -0.15) is 0 Å². The Kier molecular flexibility index (Phi) is 6.75. The summed E-state index contributed by atoms with van der Waals surface area (Å²) in [6.45, 7) is 0.503. The molecule has 0 aromatic heterocycles. The van der Waals surface area contributed by atoms with Gasteiger partial charge in [0.25, 0.3) is 0 Å². The molecule has 0 saturated heterocycles.